The molecule has 0 aromatic heterocycles. The first-order valence-corrected chi connectivity index (χ1v) is 11.8. The fourth-order valence-corrected chi connectivity index (χ4v) is 4.24. The Morgan fingerprint density at radius 3 is 2.69 bits per heavy atom. The van der Waals surface area contributed by atoms with Crippen LogP contribution in [0, 0.1) is 5.41 Å². The molecule has 36 heavy (non-hydrogen) atoms. The molecule has 0 saturated carbocycles. The Labute approximate surface area is 210 Å². The lowest BCUT2D eigenvalue weighted by Gasteiger charge is -2.36. The number of anilines is 1. The van der Waals surface area contributed by atoms with E-state index < -0.39 is 17.1 Å². The Kier molecular flexibility index (Phi) is 6.79. The van der Waals surface area contributed by atoms with E-state index in [1.807, 2.05) is 49.4 Å². The third kappa shape index (κ3) is 5.54. The molecule has 0 saturated heterocycles. The van der Waals surface area contributed by atoms with Crippen LogP contribution in [0.4, 0.5) is 10.5 Å². The van der Waals surface area contributed by atoms with Crippen molar-refractivity contribution in [1.29, 1.82) is 0 Å². The van der Waals surface area contributed by atoms with Gasteiger partial charge in [0, 0.05) is 34.3 Å². The second-order valence-corrected chi connectivity index (χ2v) is 10.0. The summed E-state index contributed by atoms with van der Waals surface area (Å²) < 4.78 is 5.25. The lowest BCUT2D eigenvalue weighted by Crippen LogP contribution is -2.44. The standard InChI is InChI=1S/C28H30N4O4/c1-27(2,3)36-26(35)29-17-18-9-7-11-20(15-18)24(33)30-21-12-8-10-19(16-21)23-28(4)14-6-5-13-22(28)25(34)32-31-23/h5-13,15-16H,14,17H2,1-4H3,(H,29,35)(H,30,33)(H,32,34). The highest BCUT2D eigenvalue weighted by molar-refractivity contribution is 6.16. The van der Waals surface area contributed by atoms with Crippen LogP contribution in [-0.2, 0) is 16.1 Å². The zero-order valence-corrected chi connectivity index (χ0v) is 20.8. The van der Waals surface area contributed by atoms with E-state index in [0.29, 0.717) is 23.2 Å². The predicted octanol–water partition coefficient (Wildman–Crippen LogP) is 4.69. The second-order valence-electron chi connectivity index (χ2n) is 10.0. The van der Waals surface area contributed by atoms with Gasteiger partial charge in [-0.05, 0) is 63.9 Å². The molecule has 2 aromatic carbocycles. The average molecular weight is 487 g/mol. The summed E-state index contributed by atoms with van der Waals surface area (Å²) in [6.45, 7) is 7.63. The van der Waals surface area contributed by atoms with Gasteiger partial charge in [-0.15, -0.1) is 0 Å². The summed E-state index contributed by atoms with van der Waals surface area (Å²) in [5, 5.41) is 10.0. The molecule has 1 aliphatic heterocycles. The molecule has 1 heterocycles. The third-order valence-electron chi connectivity index (χ3n) is 5.97. The molecular weight excluding hydrogens is 456 g/mol. The molecule has 186 valence electrons. The minimum absolute atomic E-state index is 0.198. The lowest BCUT2D eigenvalue weighted by molar-refractivity contribution is -0.118. The van der Waals surface area contributed by atoms with Gasteiger partial charge in [-0.3, -0.25) is 9.59 Å². The molecule has 1 aliphatic carbocycles. The van der Waals surface area contributed by atoms with Crippen LogP contribution in [0.2, 0.25) is 0 Å². The van der Waals surface area contributed by atoms with Gasteiger partial charge in [-0.1, -0.05) is 42.5 Å². The monoisotopic (exact) mass is 486 g/mol. The largest absolute Gasteiger partial charge is 0.444 e. The highest BCUT2D eigenvalue weighted by atomic mass is 16.6. The molecule has 0 radical (unpaired) electrons. The predicted molar refractivity (Wildman–Crippen MR) is 139 cm³/mol. The van der Waals surface area contributed by atoms with Crippen LogP contribution in [0.25, 0.3) is 0 Å². The van der Waals surface area contributed by atoms with Gasteiger partial charge in [-0.25, -0.2) is 10.2 Å². The van der Waals surface area contributed by atoms with Crippen LogP contribution in [0.5, 0.6) is 0 Å². The maximum absolute atomic E-state index is 13.0. The van der Waals surface area contributed by atoms with E-state index in [2.05, 4.69) is 21.2 Å². The van der Waals surface area contributed by atoms with Crippen molar-refractivity contribution in [1.82, 2.24) is 10.7 Å². The number of carbonyl (C=O) groups is 3. The van der Waals surface area contributed by atoms with Gasteiger partial charge in [0.15, 0.2) is 0 Å². The first-order valence-electron chi connectivity index (χ1n) is 11.8. The number of amides is 3. The van der Waals surface area contributed by atoms with E-state index in [1.54, 1.807) is 45.0 Å². The molecule has 1 unspecified atom stereocenters. The maximum Gasteiger partial charge on any atom is 0.407 e. The number of benzene rings is 2. The molecule has 1 atom stereocenters. The number of nitrogens with zero attached hydrogens (tertiary/aromatic N) is 1. The lowest BCUT2D eigenvalue weighted by atomic mass is 9.69. The number of ether oxygens (including phenoxy) is 1. The normalized spacial score (nSPS) is 18.8. The van der Waals surface area contributed by atoms with Gasteiger partial charge in [0.05, 0.1) is 5.71 Å². The summed E-state index contributed by atoms with van der Waals surface area (Å²) in [7, 11) is 0. The van der Waals surface area contributed by atoms with Crippen LogP contribution < -0.4 is 16.1 Å². The number of nitrogens with one attached hydrogen (secondary N) is 3. The molecule has 3 N–H and O–H groups in total. The zero-order valence-electron chi connectivity index (χ0n) is 20.8. The Balaban J connectivity index is 1.47. The van der Waals surface area contributed by atoms with E-state index in [9.17, 15) is 14.4 Å². The summed E-state index contributed by atoms with van der Waals surface area (Å²) in [5.74, 6) is -0.478. The number of allylic oxidation sites excluding steroid dienone is 3. The van der Waals surface area contributed by atoms with Crippen LogP contribution in [0.1, 0.15) is 55.6 Å². The molecule has 2 aromatic rings. The van der Waals surface area contributed by atoms with E-state index >= 15 is 0 Å². The van der Waals surface area contributed by atoms with Crippen LogP contribution >= 0.6 is 0 Å². The molecule has 2 aliphatic rings. The number of hydrogen-bond acceptors (Lipinski definition) is 5. The van der Waals surface area contributed by atoms with Crippen molar-refractivity contribution in [2.45, 2.75) is 46.3 Å². The van der Waals surface area contributed by atoms with Gasteiger partial charge in [0.1, 0.15) is 5.60 Å². The number of alkyl carbamates (subject to hydrolysis) is 1. The summed E-state index contributed by atoms with van der Waals surface area (Å²) in [5.41, 5.74) is 5.52. The fourth-order valence-electron chi connectivity index (χ4n) is 4.24. The Morgan fingerprint density at radius 1 is 1.14 bits per heavy atom. The molecule has 8 nitrogen and oxygen atoms in total. The topological polar surface area (TPSA) is 109 Å². The van der Waals surface area contributed by atoms with Gasteiger partial charge in [0.2, 0.25) is 0 Å². The highest BCUT2D eigenvalue weighted by Gasteiger charge is 2.42. The minimum Gasteiger partial charge on any atom is -0.444 e. The summed E-state index contributed by atoms with van der Waals surface area (Å²) in [4.78, 5) is 37.3. The Morgan fingerprint density at radius 2 is 1.92 bits per heavy atom. The Bertz CT molecular complexity index is 1300. The van der Waals surface area contributed by atoms with Crippen molar-refractivity contribution >= 4 is 29.3 Å². The third-order valence-corrected chi connectivity index (χ3v) is 5.97. The van der Waals surface area contributed by atoms with Crippen LogP contribution in [-0.4, -0.2) is 29.2 Å². The quantitative estimate of drug-likeness (QED) is 0.570. The van der Waals surface area contributed by atoms with Crippen molar-refractivity contribution in [3.63, 3.8) is 0 Å². The van der Waals surface area contributed by atoms with Gasteiger partial charge >= 0.3 is 6.09 Å². The highest BCUT2D eigenvalue weighted by Crippen LogP contribution is 2.40. The summed E-state index contributed by atoms with van der Waals surface area (Å²) in [6, 6.07) is 14.4. The smallest absolute Gasteiger partial charge is 0.407 e. The first-order chi connectivity index (χ1) is 17.0. The number of hydrazone groups is 1. The SMILES string of the molecule is CC(C)(C)OC(=O)NCc1cccc(C(=O)Nc2cccc(C3=NNC(=O)C4=CC=CCC43C)c2)c1. The van der Waals surface area contributed by atoms with E-state index in [1.165, 1.54) is 0 Å². The number of carbonyl (C=O) groups excluding carboxylic acids is 3. The fraction of sp³-hybridized carbons (Fsp3) is 0.286. The van der Waals surface area contributed by atoms with E-state index in [-0.39, 0.29) is 18.4 Å². The molecule has 3 amide bonds. The van der Waals surface area contributed by atoms with Gasteiger partial charge in [0.25, 0.3) is 11.8 Å². The van der Waals surface area contributed by atoms with Gasteiger partial charge < -0.3 is 15.4 Å². The van der Waals surface area contributed by atoms with E-state index in [4.69, 9.17) is 4.74 Å². The van der Waals surface area contributed by atoms with Crippen molar-refractivity contribution in [3.8, 4) is 0 Å². The van der Waals surface area contributed by atoms with Crippen LogP contribution in [0.15, 0.2) is 77.4 Å². The van der Waals surface area contributed by atoms with Crippen molar-refractivity contribution in [2.75, 3.05) is 5.32 Å². The number of fused-ring (bicyclic) bond motifs is 1. The second kappa shape index (κ2) is 9.81. The maximum atomic E-state index is 13.0. The van der Waals surface area contributed by atoms with Crippen LogP contribution in [0.3, 0.4) is 0 Å². The first kappa shape index (κ1) is 24.9. The molecule has 0 spiro atoms. The average Bonchev–Trinajstić information content (AvgIpc) is 2.82. The van der Waals surface area contributed by atoms with Crippen molar-refractivity contribution in [2.24, 2.45) is 10.5 Å². The molecule has 0 bridgehead atoms. The molecular formula is C28H30N4O4. The summed E-state index contributed by atoms with van der Waals surface area (Å²) in [6.07, 6.45) is 5.87. The molecule has 0 fully saturated rings. The molecule has 4 rings (SSSR count). The van der Waals surface area contributed by atoms with Gasteiger partial charge in [-0.2, -0.15) is 5.10 Å². The van der Waals surface area contributed by atoms with Crippen molar-refractivity contribution in [3.05, 3.63) is 89.0 Å². The summed E-state index contributed by atoms with van der Waals surface area (Å²) >= 11 is 0. The van der Waals surface area contributed by atoms with Crippen molar-refractivity contribution < 1.29 is 19.1 Å². The number of rotatable bonds is 5. The zero-order chi connectivity index (χ0) is 25.9. The number of hydrogen-bond donors (Lipinski definition) is 3. The van der Waals surface area contributed by atoms with E-state index in [0.717, 1.165) is 16.8 Å². The Hall–Kier alpha value is -4.20. The molecule has 8 heteroatoms. The minimum atomic E-state index is -0.585.